The van der Waals surface area contributed by atoms with E-state index >= 15 is 0 Å². The molecule has 2 rings (SSSR count). The third-order valence-corrected chi connectivity index (χ3v) is 3.18. The van der Waals surface area contributed by atoms with E-state index in [1.165, 1.54) is 0 Å². The number of hydrogen-bond donors (Lipinski definition) is 1. The number of rotatable bonds is 6. The van der Waals surface area contributed by atoms with Gasteiger partial charge in [0.2, 0.25) is 0 Å². The number of hydrogen-bond acceptors (Lipinski definition) is 3. The van der Waals surface area contributed by atoms with Crippen molar-refractivity contribution in [3.63, 3.8) is 0 Å². The summed E-state index contributed by atoms with van der Waals surface area (Å²) in [6, 6.07) is 17.2. The maximum Gasteiger partial charge on any atom is 0.119 e. The van der Waals surface area contributed by atoms with Crippen molar-refractivity contribution in [2.24, 2.45) is 0 Å². The van der Waals surface area contributed by atoms with E-state index in [9.17, 15) is 5.11 Å². The largest absolute Gasteiger partial charge is 0.494 e. The van der Waals surface area contributed by atoms with Crippen LogP contribution in [-0.2, 0) is 4.74 Å². The molecule has 106 valence electrons. The molecular weight excluding hydrogens is 252 g/mol. The van der Waals surface area contributed by atoms with E-state index in [1.807, 2.05) is 61.5 Å². The predicted octanol–water partition coefficient (Wildman–Crippen LogP) is 3.51. The van der Waals surface area contributed by atoms with Crippen LogP contribution < -0.4 is 4.74 Å². The molecule has 3 heteroatoms. The molecule has 0 aliphatic carbocycles. The van der Waals surface area contributed by atoms with Gasteiger partial charge in [0, 0.05) is 7.11 Å². The van der Waals surface area contributed by atoms with Crippen molar-refractivity contribution in [1.82, 2.24) is 0 Å². The van der Waals surface area contributed by atoms with E-state index in [1.54, 1.807) is 7.11 Å². The molecule has 0 aliphatic rings. The smallest absolute Gasteiger partial charge is 0.119 e. The van der Waals surface area contributed by atoms with Crippen LogP contribution >= 0.6 is 0 Å². The average molecular weight is 272 g/mol. The highest BCUT2D eigenvalue weighted by Crippen LogP contribution is 2.32. The van der Waals surface area contributed by atoms with Crippen molar-refractivity contribution >= 4 is 0 Å². The molecule has 0 aromatic heterocycles. The number of aliphatic hydroxyl groups is 1. The van der Waals surface area contributed by atoms with Gasteiger partial charge in [0.05, 0.1) is 6.61 Å². The van der Waals surface area contributed by atoms with Gasteiger partial charge >= 0.3 is 0 Å². The molecule has 2 atom stereocenters. The number of benzene rings is 2. The molecule has 3 nitrogen and oxygen atoms in total. The predicted molar refractivity (Wildman–Crippen MR) is 78.8 cm³/mol. The number of methoxy groups -OCH3 is 1. The summed E-state index contributed by atoms with van der Waals surface area (Å²) in [6.07, 6.45) is -1.13. The van der Waals surface area contributed by atoms with Crippen LogP contribution in [-0.4, -0.2) is 18.8 Å². The van der Waals surface area contributed by atoms with Crippen LogP contribution in [0.5, 0.6) is 5.75 Å². The minimum absolute atomic E-state index is 0.395. The maximum absolute atomic E-state index is 10.5. The second-order valence-corrected chi connectivity index (χ2v) is 4.52. The summed E-state index contributed by atoms with van der Waals surface area (Å²) in [4.78, 5) is 0. The van der Waals surface area contributed by atoms with Crippen molar-refractivity contribution in [1.29, 1.82) is 0 Å². The molecule has 0 heterocycles. The lowest BCUT2D eigenvalue weighted by molar-refractivity contribution is -0.0150. The van der Waals surface area contributed by atoms with Crippen LogP contribution in [0.4, 0.5) is 0 Å². The quantitative estimate of drug-likeness (QED) is 0.874. The highest BCUT2D eigenvalue weighted by Gasteiger charge is 2.22. The van der Waals surface area contributed by atoms with E-state index in [2.05, 4.69) is 0 Å². The highest BCUT2D eigenvalue weighted by atomic mass is 16.5. The van der Waals surface area contributed by atoms with Crippen molar-refractivity contribution < 1.29 is 14.6 Å². The first-order valence-electron chi connectivity index (χ1n) is 6.74. The lowest BCUT2D eigenvalue weighted by Gasteiger charge is -2.22. The number of ether oxygens (including phenoxy) is 2. The van der Waals surface area contributed by atoms with Crippen LogP contribution in [0.2, 0.25) is 0 Å². The molecule has 2 aromatic rings. The lowest BCUT2D eigenvalue weighted by Crippen LogP contribution is -2.13. The van der Waals surface area contributed by atoms with Crippen molar-refractivity contribution in [2.75, 3.05) is 13.7 Å². The van der Waals surface area contributed by atoms with Gasteiger partial charge in [-0.25, -0.2) is 0 Å². The molecule has 0 bridgehead atoms. The monoisotopic (exact) mass is 272 g/mol. The first-order chi connectivity index (χ1) is 9.76. The standard InChI is InChI=1S/C17H20O3/c1-3-20-15-11-7-10-14(12-15)16(18)17(19-2)13-8-5-4-6-9-13/h4-12,16-18H,3H2,1-2H3. The topological polar surface area (TPSA) is 38.7 Å². The molecule has 20 heavy (non-hydrogen) atoms. The molecule has 0 fully saturated rings. The maximum atomic E-state index is 10.5. The first-order valence-corrected chi connectivity index (χ1v) is 6.74. The molecule has 2 unspecified atom stereocenters. The van der Waals surface area contributed by atoms with Crippen LogP contribution in [0.15, 0.2) is 54.6 Å². The van der Waals surface area contributed by atoms with Crippen LogP contribution in [0.1, 0.15) is 30.3 Å². The van der Waals surface area contributed by atoms with Gasteiger partial charge in [0.25, 0.3) is 0 Å². The summed E-state index contributed by atoms with van der Waals surface area (Å²) in [6.45, 7) is 2.54. The zero-order valence-electron chi connectivity index (χ0n) is 11.8. The Balaban J connectivity index is 2.24. The Kier molecular flexibility index (Phi) is 5.16. The molecule has 0 amide bonds. The van der Waals surface area contributed by atoms with Gasteiger partial charge in [-0.05, 0) is 30.2 Å². The van der Waals surface area contributed by atoms with Gasteiger partial charge in [0.1, 0.15) is 18.0 Å². The second kappa shape index (κ2) is 7.08. The molecule has 0 saturated carbocycles. The van der Waals surface area contributed by atoms with Crippen molar-refractivity contribution in [3.05, 3.63) is 65.7 Å². The van der Waals surface area contributed by atoms with E-state index in [4.69, 9.17) is 9.47 Å². The first kappa shape index (κ1) is 14.6. The Morgan fingerprint density at radius 2 is 1.70 bits per heavy atom. The third kappa shape index (κ3) is 3.38. The van der Waals surface area contributed by atoms with E-state index in [0.29, 0.717) is 6.61 Å². The SMILES string of the molecule is CCOc1cccc(C(O)C(OC)c2ccccc2)c1. The number of aliphatic hydroxyl groups excluding tert-OH is 1. The molecule has 1 N–H and O–H groups in total. The van der Waals surface area contributed by atoms with Crippen LogP contribution in [0, 0.1) is 0 Å². The van der Waals surface area contributed by atoms with Gasteiger partial charge in [-0.15, -0.1) is 0 Å². The molecule has 0 spiro atoms. The molecule has 0 aliphatic heterocycles. The Bertz CT molecular complexity index is 525. The zero-order chi connectivity index (χ0) is 14.4. The van der Waals surface area contributed by atoms with Crippen LogP contribution in [0.3, 0.4) is 0 Å². The summed E-state index contributed by atoms with van der Waals surface area (Å²) in [5.41, 5.74) is 1.73. The molecular formula is C17H20O3. The Morgan fingerprint density at radius 3 is 2.35 bits per heavy atom. The Hall–Kier alpha value is -1.84. The fourth-order valence-corrected chi connectivity index (χ4v) is 2.22. The minimum atomic E-state index is -0.734. The second-order valence-electron chi connectivity index (χ2n) is 4.52. The summed E-state index contributed by atoms with van der Waals surface area (Å²) < 4.78 is 10.9. The zero-order valence-corrected chi connectivity index (χ0v) is 11.8. The highest BCUT2D eigenvalue weighted by molar-refractivity contribution is 5.32. The minimum Gasteiger partial charge on any atom is -0.494 e. The average Bonchev–Trinajstić information content (AvgIpc) is 2.50. The lowest BCUT2D eigenvalue weighted by atomic mass is 9.98. The fourth-order valence-electron chi connectivity index (χ4n) is 2.22. The van der Waals surface area contributed by atoms with E-state index < -0.39 is 12.2 Å². The van der Waals surface area contributed by atoms with E-state index in [0.717, 1.165) is 16.9 Å². The Morgan fingerprint density at radius 1 is 1.00 bits per heavy atom. The van der Waals surface area contributed by atoms with Gasteiger partial charge in [-0.1, -0.05) is 42.5 Å². The summed E-state index contributed by atoms with van der Waals surface area (Å²) >= 11 is 0. The molecule has 0 radical (unpaired) electrons. The van der Waals surface area contributed by atoms with E-state index in [-0.39, 0.29) is 0 Å². The molecule has 2 aromatic carbocycles. The van der Waals surface area contributed by atoms with Crippen molar-refractivity contribution in [3.8, 4) is 5.75 Å². The normalized spacial score (nSPS) is 13.8. The summed E-state index contributed by atoms with van der Waals surface area (Å²) in [7, 11) is 1.60. The van der Waals surface area contributed by atoms with Gasteiger partial charge in [0.15, 0.2) is 0 Å². The van der Waals surface area contributed by atoms with Crippen molar-refractivity contribution in [2.45, 2.75) is 19.1 Å². The Labute approximate surface area is 119 Å². The summed E-state index contributed by atoms with van der Waals surface area (Å²) in [5.74, 6) is 0.756. The fraction of sp³-hybridized carbons (Fsp3) is 0.294. The van der Waals surface area contributed by atoms with Gasteiger partial charge < -0.3 is 14.6 Å². The van der Waals surface area contributed by atoms with Gasteiger partial charge in [-0.2, -0.15) is 0 Å². The summed E-state index contributed by atoms with van der Waals surface area (Å²) in [5, 5.41) is 10.5. The third-order valence-electron chi connectivity index (χ3n) is 3.18. The van der Waals surface area contributed by atoms with Gasteiger partial charge in [-0.3, -0.25) is 0 Å². The molecule has 0 saturated heterocycles. The van der Waals surface area contributed by atoms with Crippen LogP contribution in [0.25, 0.3) is 0 Å².